The Bertz CT molecular complexity index is 4800. The molecule has 0 radical (unpaired) electrons. The first-order chi connectivity index (χ1) is 38.2. The van der Waals surface area contributed by atoms with E-state index in [-0.39, 0.29) is 0 Å². The third kappa shape index (κ3) is 6.21. The van der Waals surface area contributed by atoms with Gasteiger partial charge in [-0.2, -0.15) is 0 Å². The van der Waals surface area contributed by atoms with Gasteiger partial charge in [-0.3, -0.25) is 0 Å². The Morgan fingerprint density at radius 2 is 0.468 bits per heavy atom. The van der Waals surface area contributed by atoms with Crippen molar-refractivity contribution in [2.24, 2.45) is 0 Å². The van der Waals surface area contributed by atoms with Gasteiger partial charge in [0.25, 0.3) is 0 Å². The van der Waals surface area contributed by atoms with Crippen LogP contribution in [-0.2, 0) is 6.42 Å². The van der Waals surface area contributed by atoms with Crippen LogP contribution < -0.4 is 0 Å². The molecule has 0 saturated heterocycles. The maximum Gasteiger partial charge on any atom is 0.0541 e. The second-order valence-electron chi connectivity index (χ2n) is 20.9. The van der Waals surface area contributed by atoms with Crippen LogP contribution >= 0.6 is 0 Å². The molecule has 4 heteroatoms. The number of benzene rings is 12. The monoisotopic (exact) mass is 978 g/mol. The van der Waals surface area contributed by atoms with Gasteiger partial charge in [0.1, 0.15) is 0 Å². The maximum atomic E-state index is 2.47. The number of hydrogen-bond acceptors (Lipinski definition) is 0. The Morgan fingerprint density at radius 3 is 0.792 bits per heavy atom. The van der Waals surface area contributed by atoms with Crippen LogP contribution in [0.15, 0.2) is 267 Å². The molecule has 358 valence electrons. The highest BCUT2D eigenvalue weighted by molar-refractivity contribution is 6.15. The lowest BCUT2D eigenvalue weighted by molar-refractivity contribution is 1.15. The molecule has 0 bridgehead atoms. The van der Waals surface area contributed by atoms with Crippen LogP contribution in [0.1, 0.15) is 11.1 Å². The number of para-hydroxylation sites is 6. The van der Waals surface area contributed by atoms with Gasteiger partial charge in [0.05, 0.1) is 44.1 Å². The summed E-state index contributed by atoms with van der Waals surface area (Å²) in [5, 5.41) is 10.1. The molecule has 0 fully saturated rings. The molecule has 0 N–H and O–H groups in total. The Kier molecular flexibility index (Phi) is 8.87. The summed E-state index contributed by atoms with van der Waals surface area (Å²) in [5.41, 5.74) is 24.6. The van der Waals surface area contributed by atoms with E-state index in [1.165, 1.54) is 154 Å². The van der Waals surface area contributed by atoms with Crippen molar-refractivity contribution in [1.29, 1.82) is 0 Å². The first-order valence-electron chi connectivity index (χ1n) is 26.7. The van der Waals surface area contributed by atoms with Crippen molar-refractivity contribution in [3.05, 3.63) is 278 Å². The van der Waals surface area contributed by atoms with Gasteiger partial charge in [0.15, 0.2) is 0 Å². The summed E-state index contributed by atoms with van der Waals surface area (Å²) in [6.45, 7) is 0. The van der Waals surface area contributed by atoms with Gasteiger partial charge in [-0.15, -0.1) is 0 Å². The molecule has 16 aromatic rings. The van der Waals surface area contributed by atoms with E-state index in [9.17, 15) is 0 Å². The van der Waals surface area contributed by atoms with Crippen LogP contribution in [0.2, 0.25) is 0 Å². The Balaban J connectivity index is 0.722. The maximum absolute atomic E-state index is 2.47. The normalized spacial score (nSPS) is 12.4. The third-order valence-corrected chi connectivity index (χ3v) is 16.8. The first kappa shape index (κ1) is 42.2. The molecule has 0 saturated carbocycles. The number of fused-ring (bicyclic) bond motifs is 15. The molecule has 12 aromatic carbocycles. The summed E-state index contributed by atoms with van der Waals surface area (Å²) in [6.07, 6.45) is 0.876. The molecular formula is C73H46N4. The topological polar surface area (TPSA) is 19.7 Å². The average molecular weight is 979 g/mol. The fourth-order valence-corrected chi connectivity index (χ4v) is 13.3. The minimum atomic E-state index is 0.876. The fourth-order valence-electron chi connectivity index (χ4n) is 13.3. The van der Waals surface area contributed by atoms with Crippen molar-refractivity contribution < 1.29 is 0 Å². The average Bonchev–Trinajstić information content (AvgIpc) is 4.40. The van der Waals surface area contributed by atoms with Gasteiger partial charge in [0, 0.05) is 65.8 Å². The standard InChI is InChI=1S/C73H46N4/c1-3-15-52(16-4-1)74-66-23-11-7-19-58(66)62-42-46(27-35-70(62)74)48-29-37-72-64(44-48)60-21-9-13-25-68(60)76(72)54-31-33-56-50(40-54)39-51-41-55(32-34-57(51)56)77-69-26-14-10-22-61(69)65-45-49(30-38-73(65)77)47-28-36-71-63(43-47)59-20-8-12-24-67(59)75(71)53-17-5-2-6-18-53/h1-38,40-45H,39H2. The number of rotatable bonds is 6. The van der Waals surface area contributed by atoms with E-state index >= 15 is 0 Å². The number of hydrogen-bond donors (Lipinski definition) is 0. The molecule has 0 atom stereocenters. The lowest BCUT2D eigenvalue weighted by Gasteiger charge is -2.11. The van der Waals surface area contributed by atoms with E-state index in [1.807, 2.05) is 0 Å². The van der Waals surface area contributed by atoms with E-state index in [4.69, 9.17) is 0 Å². The molecule has 1 aliphatic rings. The van der Waals surface area contributed by atoms with Crippen LogP contribution in [0, 0.1) is 0 Å². The highest BCUT2D eigenvalue weighted by Crippen LogP contribution is 2.44. The van der Waals surface area contributed by atoms with Gasteiger partial charge < -0.3 is 18.3 Å². The zero-order valence-electron chi connectivity index (χ0n) is 41.9. The molecule has 1 aliphatic carbocycles. The Morgan fingerprint density at radius 1 is 0.195 bits per heavy atom. The lowest BCUT2D eigenvalue weighted by Crippen LogP contribution is -1.95. The molecule has 77 heavy (non-hydrogen) atoms. The molecule has 0 amide bonds. The van der Waals surface area contributed by atoms with E-state index in [0.29, 0.717) is 0 Å². The van der Waals surface area contributed by atoms with E-state index < -0.39 is 0 Å². The zero-order chi connectivity index (χ0) is 50.3. The smallest absolute Gasteiger partial charge is 0.0541 e. The first-order valence-corrected chi connectivity index (χ1v) is 26.7. The molecule has 4 nitrogen and oxygen atoms in total. The van der Waals surface area contributed by atoms with Crippen LogP contribution in [0.5, 0.6) is 0 Å². The number of aromatic nitrogens is 4. The quantitative estimate of drug-likeness (QED) is 0.158. The summed E-state index contributed by atoms with van der Waals surface area (Å²) in [6, 6.07) is 98.9. The largest absolute Gasteiger partial charge is 0.309 e. The molecule has 0 spiro atoms. The van der Waals surface area contributed by atoms with Crippen LogP contribution in [0.4, 0.5) is 0 Å². The highest BCUT2D eigenvalue weighted by atomic mass is 15.0. The van der Waals surface area contributed by atoms with Crippen LogP contribution in [-0.4, -0.2) is 18.3 Å². The van der Waals surface area contributed by atoms with Crippen molar-refractivity contribution in [2.45, 2.75) is 6.42 Å². The second-order valence-corrected chi connectivity index (χ2v) is 20.9. The van der Waals surface area contributed by atoms with Gasteiger partial charge >= 0.3 is 0 Å². The lowest BCUT2D eigenvalue weighted by atomic mass is 10.0. The van der Waals surface area contributed by atoms with E-state index in [1.54, 1.807) is 0 Å². The summed E-state index contributed by atoms with van der Waals surface area (Å²) >= 11 is 0. The van der Waals surface area contributed by atoms with Gasteiger partial charge in [-0.1, -0.05) is 146 Å². The molecule has 4 heterocycles. The zero-order valence-corrected chi connectivity index (χ0v) is 41.9. The minimum Gasteiger partial charge on any atom is -0.309 e. The summed E-state index contributed by atoms with van der Waals surface area (Å²) in [5.74, 6) is 0. The summed E-state index contributed by atoms with van der Waals surface area (Å²) in [7, 11) is 0. The van der Waals surface area contributed by atoms with Crippen molar-refractivity contribution in [1.82, 2.24) is 18.3 Å². The van der Waals surface area contributed by atoms with Crippen LogP contribution in [0.25, 0.3) is 143 Å². The second kappa shape index (κ2) is 16.2. The molecule has 0 unspecified atom stereocenters. The van der Waals surface area contributed by atoms with Crippen LogP contribution in [0.3, 0.4) is 0 Å². The van der Waals surface area contributed by atoms with Crippen molar-refractivity contribution in [3.63, 3.8) is 0 Å². The van der Waals surface area contributed by atoms with E-state index in [0.717, 1.165) is 6.42 Å². The molecule has 4 aromatic heterocycles. The van der Waals surface area contributed by atoms with Crippen molar-refractivity contribution >= 4 is 87.2 Å². The fraction of sp³-hybridized carbons (Fsp3) is 0.0137. The highest BCUT2D eigenvalue weighted by Gasteiger charge is 2.24. The Labute approximate surface area is 443 Å². The predicted octanol–water partition coefficient (Wildman–Crippen LogP) is 19.0. The molecule has 17 rings (SSSR count). The van der Waals surface area contributed by atoms with E-state index in [2.05, 4.69) is 285 Å². The predicted molar refractivity (Wildman–Crippen MR) is 323 cm³/mol. The van der Waals surface area contributed by atoms with Gasteiger partial charge in [-0.05, 0) is 172 Å². The molecule has 0 aliphatic heterocycles. The Hall–Kier alpha value is -10.2. The van der Waals surface area contributed by atoms with Gasteiger partial charge in [-0.25, -0.2) is 0 Å². The summed E-state index contributed by atoms with van der Waals surface area (Å²) in [4.78, 5) is 0. The van der Waals surface area contributed by atoms with Gasteiger partial charge in [0.2, 0.25) is 0 Å². The minimum absolute atomic E-state index is 0.876. The van der Waals surface area contributed by atoms with Crippen molar-refractivity contribution in [3.8, 4) is 56.1 Å². The summed E-state index contributed by atoms with van der Waals surface area (Å²) < 4.78 is 9.70. The van der Waals surface area contributed by atoms with Crippen molar-refractivity contribution in [2.75, 3.05) is 0 Å². The number of nitrogens with zero attached hydrogens (tertiary/aromatic N) is 4. The third-order valence-electron chi connectivity index (χ3n) is 16.8. The molecular weight excluding hydrogens is 933 g/mol. The SMILES string of the molecule is c1ccc(-n2c3ccccc3c3cc(-c4ccc5c(c4)c4ccccc4n5-c4ccc5c(c4)Cc4cc(-n6c7ccccc7c7cc(-c8ccc9c(c8)c8ccccc8n9-c8ccccc8)ccc76)ccc4-5)ccc32)cc1.